The lowest BCUT2D eigenvalue weighted by molar-refractivity contribution is -0.118. The van der Waals surface area contributed by atoms with E-state index < -0.39 is 0 Å². The Kier molecular flexibility index (Phi) is 3.18. The number of hydrogen-bond acceptors (Lipinski definition) is 3. The molecule has 2 N–H and O–H groups in total. The minimum absolute atomic E-state index is 0.190. The van der Waals surface area contributed by atoms with E-state index in [2.05, 4.69) is 4.90 Å². The minimum atomic E-state index is 0.190. The van der Waals surface area contributed by atoms with Crippen molar-refractivity contribution in [3.05, 3.63) is 0 Å². The van der Waals surface area contributed by atoms with E-state index in [1.165, 1.54) is 51.4 Å². The topological polar surface area (TPSA) is 38.5 Å². The molecule has 0 spiro atoms. The highest BCUT2D eigenvalue weighted by Gasteiger charge is 2.44. The van der Waals surface area contributed by atoms with Crippen molar-refractivity contribution in [2.24, 2.45) is 5.73 Å². The van der Waals surface area contributed by atoms with Crippen LogP contribution in [0.1, 0.15) is 51.4 Å². The normalized spacial score (nSPS) is 40.9. The van der Waals surface area contributed by atoms with Crippen LogP contribution in [0.25, 0.3) is 0 Å². The molecule has 0 radical (unpaired) electrons. The lowest BCUT2D eigenvalue weighted by atomic mass is 9.76. The maximum absolute atomic E-state index is 6.17. The van der Waals surface area contributed by atoms with Gasteiger partial charge in [-0.05, 0) is 44.9 Å². The molecule has 0 aromatic carbocycles. The van der Waals surface area contributed by atoms with Gasteiger partial charge in [0.15, 0.2) is 0 Å². The Morgan fingerprint density at radius 2 is 1.82 bits per heavy atom. The molecule has 3 heteroatoms. The summed E-state index contributed by atoms with van der Waals surface area (Å²) in [5.74, 6) is 0. The second-order valence-electron chi connectivity index (χ2n) is 6.38. The molecular weight excluding hydrogens is 212 g/mol. The van der Waals surface area contributed by atoms with Crippen molar-refractivity contribution in [3.63, 3.8) is 0 Å². The second kappa shape index (κ2) is 4.52. The largest absolute Gasteiger partial charge is 0.377 e. The summed E-state index contributed by atoms with van der Waals surface area (Å²) in [5.41, 5.74) is 6.36. The Morgan fingerprint density at radius 1 is 1.18 bits per heavy atom. The summed E-state index contributed by atoms with van der Waals surface area (Å²) in [5, 5.41) is 0. The summed E-state index contributed by atoms with van der Waals surface area (Å²) in [7, 11) is 1.89. The molecule has 2 unspecified atom stereocenters. The first kappa shape index (κ1) is 11.9. The summed E-state index contributed by atoms with van der Waals surface area (Å²) in [4.78, 5) is 2.75. The van der Waals surface area contributed by atoms with Crippen LogP contribution in [0.2, 0.25) is 0 Å². The number of piperidine rings is 2. The number of hydrogen-bond donors (Lipinski definition) is 1. The summed E-state index contributed by atoms with van der Waals surface area (Å²) in [6.45, 7) is 1.16. The third-order valence-electron chi connectivity index (χ3n) is 5.33. The van der Waals surface area contributed by atoms with Crippen LogP contribution in [0.5, 0.6) is 0 Å². The monoisotopic (exact) mass is 238 g/mol. The van der Waals surface area contributed by atoms with E-state index in [9.17, 15) is 0 Å². The van der Waals surface area contributed by atoms with Crippen LogP contribution < -0.4 is 5.73 Å². The molecule has 2 atom stereocenters. The van der Waals surface area contributed by atoms with Crippen LogP contribution in [0.15, 0.2) is 0 Å². The van der Waals surface area contributed by atoms with Gasteiger partial charge >= 0.3 is 0 Å². The van der Waals surface area contributed by atoms with Crippen LogP contribution >= 0.6 is 0 Å². The van der Waals surface area contributed by atoms with Gasteiger partial charge in [-0.25, -0.2) is 0 Å². The number of nitrogens with two attached hydrogens (primary N) is 1. The van der Waals surface area contributed by atoms with E-state index in [-0.39, 0.29) is 5.60 Å². The zero-order valence-corrected chi connectivity index (χ0v) is 11.0. The summed E-state index contributed by atoms with van der Waals surface area (Å²) in [6.07, 6.45) is 10.4. The van der Waals surface area contributed by atoms with Gasteiger partial charge in [0.05, 0.1) is 5.60 Å². The smallest absolute Gasteiger partial charge is 0.0805 e. The molecule has 2 heterocycles. The maximum atomic E-state index is 6.17. The Bertz CT molecular complexity index is 258. The summed E-state index contributed by atoms with van der Waals surface area (Å²) < 4.78 is 5.80. The molecule has 3 rings (SSSR count). The van der Waals surface area contributed by atoms with Crippen molar-refractivity contribution in [1.29, 1.82) is 0 Å². The van der Waals surface area contributed by atoms with Gasteiger partial charge in [-0.2, -0.15) is 0 Å². The molecule has 0 amide bonds. The van der Waals surface area contributed by atoms with Crippen LogP contribution in [0, 0.1) is 0 Å². The molecule has 0 aromatic heterocycles. The predicted molar refractivity (Wildman–Crippen MR) is 68.9 cm³/mol. The third kappa shape index (κ3) is 2.13. The number of ether oxygens (including phenoxy) is 1. The first-order valence-corrected chi connectivity index (χ1v) is 7.29. The van der Waals surface area contributed by atoms with E-state index in [1.54, 1.807) is 0 Å². The first-order valence-electron chi connectivity index (χ1n) is 7.29. The van der Waals surface area contributed by atoms with E-state index in [0.717, 1.165) is 18.6 Å². The molecule has 3 fully saturated rings. The van der Waals surface area contributed by atoms with Crippen LogP contribution in [0.4, 0.5) is 0 Å². The highest BCUT2D eigenvalue weighted by Crippen LogP contribution is 2.40. The zero-order chi connectivity index (χ0) is 11.9. The van der Waals surface area contributed by atoms with Gasteiger partial charge in [0.2, 0.25) is 0 Å². The third-order valence-corrected chi connectivity index (χ3v) is 5.33. The van der Waals surface area contributed by atoms with Gasteiger partial charge in [0.25, 0.3) is 0 Å². The van der Waals surface area contributed by atoms with Crippen LogP contribution in [0.3, 0.4) is 0 Å². The molecule has 2 bridgehead atoms. The molecule has 2 saturated heterocycles. The average Bonchev–Trinajstić information content (AvgIpc) is 2.24. The van der Waals surface area contributed by atoms with Crippen molar-refractivity contribution in [2.45, 2.75) is 75.1 Å². The first-order chi connectivity index (χ1) is 8.22. The molecule has 1 saturated carbocycles. The van der Waals surface area contributed by atoms with E-state index in [4.69, 9.17) is 10.5 Å². The van der Waals surface area contributed by atoms with Gasteiger partial charge in [-0.3, -0.25) is 4.90 Å². The maximum Gasteiger partial charge on any atom is 0.0805 e. The Balaban J connectivity index is 1.69. The van der Waals surface area contributed by atoms with Crippen LogP contribution in [-0.2, 0) is 4.74 Å². The fourth-order valence-corrected chi connectivity index (χ4v) is 4.11. The van der Waals surface area contributed by atoms with Crippen LogP contribution in [-0.4, -0.2) is 42.3 Å². The standard InChI is InChI=1S/C14H26N2O/c1-17-14(6-3-7-14)10-16-12-4-2-5-13(16)9-11(15)8-12/h11-13H,2-10,15H2,1H3. The van der Waals surface area contributed by atoms with E-state index >= 15 is 0 Å². The number of methoxy groups -OCH3 is 1. The molecular formula is C14H26N2O. The molecule has 3 aliphatic rings. The Labute approximate surface area is 105 Å². The van der Waals surface area contributed by atoms with Gasteiger partial charge < -0.3 is 10.5 Å². The second-order valence-corrected chi connectivity index (χ2v) is 6.38. The zero-order valence-electron chi connectivity index (χ0n) is 11.0. The highest BCUT2D eigenvalue weighted by atomic mass is 16.5. The summed E-state index contributed by atoms with van der Waals surface area (Å²) >= 11 is 0. The van der Waals surface area contributed by atoms with Crippen molar-refractivity contribution >= 4 is 0 Å². The van der Waals surface area contributed by atoms with Gasteiger partial charge in [0, 0.05) is 31.8 Å². The lowest BCUT2D eigenvalue weighted by Crippen LogP contribution is -2.61. The Morgan fingerprint density at radius 3 is 2.29 bits per heavy atom. The van der Waals surface area contributed by atoms with Crippen molar-refractivity contribution in [3.8, 4) is 0 Å². The average molecular weight is 238 g/mol. The highest BCUT2D eigenvalue weighted by molar-refractivity contribution is 5.00. The molecule has 2 aliphatic heterocycles. The van der Waals surface area contributed by atoms with Gasteiger partial charge in [-0.1, -0.05) is 6.42 Å². The predicted octanol–water partition coefficient (Wildman–Crippen LogP) is 1.90. The van der Waals surface area contributed by atoms with Gasteiger partial charge in [0.1, 0.15) is 0 Å². The fraction of sp³-hybridized carbons (Fsp3) is 1.00. The van der Waals surface area contributed by atoms with Gasteiger partial charge in [-0.15, -0.1) is 0 Å². The number of fused-ring (bicyclic) bond motifs is 2. The van der Waals surface area contributed by atoms with Crippen molar-refractivity contribution in [2.75, 3.05) is 13.7 Å². The Hall–Kier alpha value is -0.120. The molecule has 98 valence electrons. The fourth-order valence-electron chi connectivity index (χ4n) is 4.11. The molecule has 0 aromatic rings. The molecule has 3 nitrogen and oxygen atoms in total. The number of nitrogens with zero attached hydrogens (tertiary/aromatic N) is 1. The molecule has 1 aliphatic carbocycles. The van der Waals surface area contributed by atoms with E-state index in [1.807, 2.05) is 7.11 Å². The SMILES string of the molecule is COC1(CN2C3CCCC2CC(N)C3)CCC1. The van der Waals surface area contributed by atoms with Crippen molar-refractivity contribution in [1.82, 2.24) is 4.90 Å². The summed E-state index contributed by atoms with van der Waals surface area (Å²) in [6, 6.07) is 1.93. The molecule has 17 heavy (non-hydrogen) atoms. The van der Waals surface area contributed by atoms with Crippen molar-refractivity contribution < 1.29 is 4.74 Å². The van der Waals surface area contributed by atoms with E-state index in [0.29, 0.717) is 6.04 Å². The quantitative estimate of drug-likeness (QED) is 0.816. The lowest BCUT2D eigenvalue weighted by Gasteiger charge is -2.53. The number of rotatable bonds is 3. The minimum Gasteiger partial charge on any atom is -0.377 e.